The van der Waals surface area contributed by atoms with Crippen molar-refractivity contribution in [3.05, 3.63) is 35.6 Å². The summed E-state index contributed by atoms with van der Waals surface area (Å²) in [5.74, 6) is 1.33. The lowest BCUT2D eigenvalue weighted by atomic mass is 9.83. The number of rotatable bonds is 4. The summed E-state index contributed by atoms with van der Waals surface area (Å²) in [6.07, 6.45) is 8.83. The molecule has 1 aromatic rings. The smallest absolute Gasteiger partial charge is 0.123 e. The zero-order valence-electron chi connectivity index (χ0n) is 15.5. The number of hydrogen-bond acceptors (Lipinski definition) is 2. The SMILES string of the molecule is CC.N[C@@H]1CCCCC1CN1CCC(Cc2ccc(F)cc2)CC1. The predicted octanol–water partition coefficient (Wildman–Crippen LogP) is 4.62. The molecule has 2 nitrogen and oxygen atoms in total. The van der Waals surface area contributed by atoms with Crippen molar-refractivity contribution in [2.75, 3.05) is 19.6 Å². The highest BCUT2D eigenvalue weighted by Crippen LogP contribution is 2.27. The lowest BCUT2D eigenvalue weighted by molar-refractivity contribution is 0.137. The lowest BCUT2D eigenvalue weighted by Gasteiger charge is -2.37. The molecule has 1 heterocycles. The number of nitrogens with two attached hydrogens (primary N) is 1. The van der Waals surface area contributed by atoms with Gasteiger partial charge in [-0.05, 0) is 74.7 Å². The molecule has 3 rings (SSSR count). The van der Waals surface area contributed by atoms with Gasteiger partial charge in [-0.3, -0.25) is 0 Å². The maximum Gasteiger partial charge on any atom is 0.123 e. The molecule has 1 saturated carbocycles. The van der Waals surface area contributed by atoms with Crippen LogP contribution in [0.3, 0.4) is 0 Å². The number of hydrogen-bond donors (Lipinski definition) is 1. The van der Waals surface area contributed by atoms with Crippen LogP contribution in [-0.4, -0.2) is 30.6 Å². The van der Waals surface area contributed by atoms with Crippen LogP contribution in [0.5, 0.6) is 0 Å². The third-order valence-corrected chi connectivity index (χ3v) is 5.61. The summed E-state index contributed by atoms with van der Waals surface area (Å²) in [6.45, 7) is 7.61. The molecule has 2 fully saturated rings. The summed E-state index contributed by atoms with van der Waals surface area (Å²) in [5.41, 5.74) is 7.55. The molecule has 2 atom stereocenters. The van der Waals surface area contributed by atoms with Crippen molar-refractivity contribution in [1.82, 2.24) is 4.90 Å². The fourth-order valence-electron chi connectivity index (χ4n) is 4.12. The van der Waals surface area contributed by atoms with E-state index in [0.717, 1.165) is 12.3 Å². The van der Waals surface area contributed by atoms with Gasteiger partial charge in [0, 0.05) is 12.6 Å². The van der Waals surface area contributed by atoms with E-state index in [-0.39, 0.29) is 5.82 Å². The summed E-state index contributed by atoms with van der Waals surface area (Å²) in [6, 6.07) is 7.45. The highest BCUT2D eigenvalue weighted by Gasteiger charge is 2.26. The first-order chi connectivity index (χ1) is 11.7. The van der Waals surface area contributed by atoms with Gasteiger partial charge in [-0.15, -0.1) is 0 Å². The van der Waals surface area contributed by atoms with Crippen molar-refractivity contribution in [1.29, 1.82) is 0 Å². The Labute approximate surface area is 147 Å². The van der Waals surface area contributed by atoms with Crippen LogP contribution < -0.4 is 5.73 Å². The molecule has 24 heavy (non-hydrogen) atoms. The van der Waals surface area contributed by atoms with Gasteiger partial charge in [-0.1, -0.05) is 38.8 Å². The Hall–Kier alpha value is -0.930. The molecular weight excluding hydrogens is 299 g/mol. The van der Waals surface area contributed by atoms with Crippen molar-refractivity contribution >= 4 is 0 Å². The van der Waals surface area contributed by atoms with Gasteiger partial charge in [-0.2, -0.15) is 0 Å². The van der Waals surface area contributed by atoms with Crippen LogP contribution in [0.15, 0.2) is 24.3 Å². The first-order valence-electron chi connectivity index (χ1n) is 9.93. The van der Waals surface area contributed by atoms with E-state index in [9.17, 15) is 4.39 Å². The summed E-state index contributed by atoms with van der Waals surface area (Å²) >= 11 is 0. The second-order valence-corrected chi connectivity index (χ2v) is 7.28. The second-order valence-electron chi connectivity index (χ2n) is 7.28. The van der Waals surface area contributed by atoms with E-state index in [4.69, 9.17) is 5.73 Å². The molecule has 1 unspecified atom stereocenters. The molecule has 3 heteroatoms. The fraction of sp³-hybridized carbons (Fsp3) is 0.714. The van der Waals surface area contributed by atoms with Crippen LogP contribution in [0.2, 0.25) is 0 Å². The van der Waals surface area contributed by atoms with Crippen LogP contribution in [0.25, 0.3) is 0 Å². The highest BCUT2D eigenvalue weighted by molar-refractivity contribution is 5.16. The van der Waals surface area contributed by atoms with Gasteiger partial charge in [0.05, 0.1) is 0 Å². The molecule has 1 saturated heterocycles. The molecular formula is C21H35FN2. The second kappa shape index (κ2) is 10.1. The van der Waals surface area contributed by atoms with Crippen LogP contribution in [0, 0.1) is 17.7 Å². The van der Waals surface area contributed by atoms with Gasteiger partial charge >= 0.3 is 0 Å². The van der Waals surface area contributed by atoms with Crippen LogP contribution in [0.4, 0.5) is 4.39 Å². The molecule has 0 radical (unpaired) electrons. The van der Waals surface area contributed by atoms with Crippen LogP contribution in [-0.2, 0) is 6.42 Å². The average Bonchev–Trinajstić information content (AvgIpc) is 2.62. The Morgan fingerprint density at radius 1 is 1.00 bits per heavy atom. The van der Waals surface area contributed by atoms with Crippen molar-refractivity contribution in [2.24, 2.45) is 17.6 Å². The summed E-state index contributed by atoms with van der Waals surface area (Å²) in [7, 11) is 0. The minimum absolute atomic E-state index is 0.137. The first-order valence-corrected chi connectivity index (χ1v) is 9.93. The third kappa shape index (κ3) is 5.86. The standard InChI is InChI=1S/C19H29FN2.C2H6/c20-18-7-5-15(6-8-18)13-16-9-11-22(12-10-16)14-17-3-1-2-4-19(17)21;1-2/h5-8,16-17,19H,1-4,9-14,21H2;1-2H3/t17?,19-;/m1./s1. The van der Waals surface area contributed by atoms with Crippen molar-refractivity contribution in [3.63, 3.8) is 0 Å². The van der Waals surface area contributed by atoms with E-state index in [1.807, 2.05) is 26.0 Å². The largest absolute Gasteiger partial charge is 0.327 e. The molecule has 0 spiro atoms. The molecule has 2 aliphatic rings. The van der Waals surface area contributed by atoms with Gasteiger partial charge in [0.2, 0.25) is 0 Å². The molecule has 136 valence electrons. The predicted molar refractivity (Wildman–Crippen MR) is 101 cm³/mol. The number of benzene rings is 1. The number of halogens is 1. The summed E-state index contributed by atoms with van der Waals surface area (Å²) in [5, 5.41) is 0. The van der Waals surface area contributed by atoms with Gasteiger partial charge in [0.15, 0.2) is 0 Å². The number of nitrogens with zero attached hydrogens (tertiary/aromatic N) is 1. The van der Waals surface area contributed by atoms with E-state index >= 15 is 0 Å². The fourth-order valence-corrected chi connectivity index (χ4v) is 4.12. The average molecular weight is 335 g/mol. The molecule has 1 aromatic carbocycles. The summed E-state index contributed by atoms with van der Waals surface area (Å²) < 4.78 is 13.0. The Bertz CT molecular complexity index is 451. The van der Waals surface area contributed by atoms with Crippen molar-refractivity contribution < 1.29 is 4.39 Å². The van der Waals surface area contributed by atoms with Crippen LogP contribution >= 0.6 is 0 Å². The Morgan fingerprint density at radius 2 is 1.62 bits per heavy atom. The Morgan fingerprint density at radius 3 is 2.25 bits per heavy atom. The topological polar surface area (TPSA) is 29.3 Å². The van der Waals surface area contributed by atoms with E-state index < -0.39 is 0 Å². The maximum absolute atomic E-state index is 13.0. The van der Waals surface area contributed by atoms with Gasteiger partial charge < -0.3 is 10.6 Å². The normalized spacial score (nSPS) is 25.8. The van der Waals surface area contributed by atoms with E-state index in [2.05, 4.69) is 4.90 Å². The zero-order chi connectivity index (χ0) is 17.4. The molecule has 1 aliphatic heterocycles. The lowest BCUT2D eigenvalue weighted by Crippen LogP contribution is -2.44. The number of piperidine rings is 1. The van der Waals surface area contributed by atoms with Gasteiger partial charge in [0.25, 0.3) is 0 Å². The van der Waals surface area contributed by atoms with E-state index in [1.54, 1.807) is 12.1 Å². The minimum Gasteiger partial charge on any atom is -0.327 e. The van der Waals surface area contributed by atoms with Crippen molar-refractivity contribution in [3.8, 4) is 0 Å². The summed E-state index contributed by atoms with van der Waals surface area (Å²) in [4.78, 5) is 2.62. The monoisotopic (exact) mass is 334 g/mol. The van der Waals surface area contributed by atoms with E-state index in [1.165, 1.54) is 63.7 Å². The quantitative estimate of drug-likeness (QED) is 0.870. The highest BCUT2D eigenvalue weighted by atomic mass is 19.1. The van der Waals surface area contributed by atoms with Crippen molar-refractivity contribution in [2.45, 2.75) is 64.8 Å². The molecule has 0 aromatic heterocycles. The molecule has 1 aliphatic carbocycles. The van der Waals surface area contributed by atoms with Gasteiger partial charge in [0.1, 0.15) is 5.82 Å². The minimum atomic E-state index is -0.137. The maximum atomic E-state index is 13.0. The first kappa shape index (κ1) is 19.4. The third-order valence-electron chi connectivity index (χ3n) is 5.61. The van der Waals surface area contributed by atoms with E-state index in [0.29, 0.717) is 12.0 Å². The van der Waals surface area contributed by atoms with Gasteiger partial charge in [-0.25, -0.2) is 4.39 Å². The molecule has 2 N–H and O–H groups in total. The zero-order valence-corrected chi connectivity index (χ0v) is 15.5. The Kier molecular flexibility index (Phi) is 8.20. The van der Waals surface area contributed by atoms with Crippen LogP contribution in [0.1, 0.15) is 57.9 Å². The Balaban J connectivity index is 0.00000100. The molecule has 0 bridgehead atoms. The molecule has 0 amide bonds. The number of likely N-dealkylation sites (tertiary alicyclic amines) is 1.